The molecule has 3 aromatic rings. The first-order valence-electron chi connectivity index (χ1n) is 8.47. The molecule has 0 aliphatic heterocycles. The van der Waals surface area contributed by atoms with Crippen molar-refractivity contribution in [3.63, 3.8) is 0 Å². The minimum Gasteiger partial charge on any atom is -0.494 e. The SMILES string of the molecule is Cn1c(O)c(C(=O)Nc2ccc(Oc3nccc(C(F)(F)F)n3)cc2)c(=O)n(C)c1=O. The molecular weight excluding hydrogens is 423 g/mol. The van der Waals surface area contributed by atoms with Gasteiger partial charge < -0.3 is 15.2 Å². The summed E-state index contributed by atoms with van der Waals surface area (Å²) in [7, 11) is 2.35. The quantitative estimate of drug-likeness (QED) is 0.635. The Kier molecular flexibility index (Phi) is 5.51. The molecule has 1 aromatic carbocycles. The molecule has 0 aliphatic carbocycles. The van der Waals surface area contributed by atoms with E-state index >= 15 is 0 Å². The highest BCUT2D eigenvalue weighted by Gasteiger charge is 2.33. The molecule has 0 saturated heterocycles. The summed E-state index contributed by atoms with van der Waals surface area (Å²) in [5.41, 5.74) is -3.42. The number of aromatic nitrogens is 4. The zero-order valence-electron chi connectivity index (χ0n) is 16.0. The van der Waals surface area contributed by atoms with E-state index in [0.29, 0.717) is 10.6 Å². The number of alkyl halides is 3. The number of rotatable bonds is 4. The molecule has 0 fully saturated rings. The molecule has 0 bridgehead atoms. The third-order valence-corrected chi connectivity index (χ3v) is 4.11. The minimum atomic E-state index is -4.65. The van der Waals surface area contributed by atoms with Crippen LogP contribution in [0.15, 0.2) is 46.1 Å². The number of hydrogen-bond acceptors (Lipinski definition) is 7. The van der Waals surface area contributed by atoms with Gasteiger partial charge in [0.05, 0.1) is 0 Å². The highest BCUT2D eigenvalue weighted by atomic mass is 19.4. The first kappa shape index (κ1) is 21.5. The van der Waals surface area contributed by atoms with E-state index in [1.807, 2.05) is 0 Å². The Hall–Kier alpha value is -4.16. The average molecular weight is 437 g/mol. The maximum absolute atomic E-state index is 12.7. The van der Waals surface area contributed by atoms with Crippen LogP contribution in [0.25, 0.3) is 0 Å². The molecule has 10 nitrogen and oxygen atoms in total. The Bertz CT molecular complexity index is 1270. The molecule has 3 rings (SSSR count). The van der Waals surface area contributed by atoms with Crippen molar-refractivity contribution in [3.05, 3.63) is 68.6 Å². The van der Waals surface area contributed by atoms with Gasteiger partial charge in [-0.05, 0) is 30.3 Å². The number of nitrogens with zero attached hydrogens (tertiary/aromatic N) is 4. The molecule has 13 heteroatoms. The van der Waals surface area contributed by atoms with Crippen molar-refractivity contribution in [1.29, 1.82) is 0 Å². The maximum Gasteiger partial charge on any atom is 0.433 e. The summed E-state index contributed by atoms with van der Waals surface area (Å²) in [6.45, 7) is 0. The molecule has 0 aliphatic rings. The zero-order valence-corrected chi connectivity index (χ0v) is 16.0. The van der Waals surface area contributed by atoms with Gasteiger partial charge in [0.15, 0.2) is 11.3 Å². The van der Waals surface area contributed by atoms with Crippen LogP contribution in [-0.2, 0) is 20.3 Å². The summed E-state index contributed by atoms with van der Waals surface area (Å²) >= 11 is 0. The molecule has 1 amide bonds. The molecule has 2 aromatic heterocycles. The second-order valence-electron chi connectivity index (χ2n) is 6.21. The number of anilines is 1. The van der Waals surface area contributed by atoms with Crippen LogP contribution < -0.4 is 21.3 Å². The van der Waals surface area contributed by atoms with E-state index in [1.54, 1.807) is 0 Å². The van der Waals surface area contributed by atoms with E-state index in [4.69, 9.17) is 4.74 Å². The lowest BCUT2D eigenvalue weighted by molar-refractivity contribution is -0.141. The summed E-state index contributed by atoms with van der Waals surface area (Å²) in [6, 6.07) is 5.49. The van der Waals surface area contributed by atoms with Gasteiger partial charge in [0.25, 0.3) is 11.5 Å². The Morgan fingerprint density at radius 2 is 1.74 bits per heavy atom. The van der Waals surface area contributed by atoms with Crippen molar-refractivity contribution in [2.75, 3.05) is 5.32 Å². The van der Waals surface area contributed by atoms with Crippen LogP contribution in [-0.4, -0.2) is 30.1 Å². The van der Waals surface area contributed by atoms with E-state index in [9.17, 15) is 32.7 Å². The van der Waals surface area contributed by atoms with Crippen LogP contribution in [0.4, 0.5) is 18.9 Å². The van der Waals surface area contributed by atoms with Gasteiger partial charge >= 0.3 is 17.9 Å². The summed E-state index contributed by atoms with van der Waals surface area (Å²) in [5, 5.41) is 12.4. The molecule has 0 radical (unpaired) electrons. The van der Waals surface area contributed by atoms with E-state index in [2.05, 4.69) is 15.3 Å². The number of carbonyl (C=O) groups is 1. The Balaban J connectivity index is 1.79. The fourth-order valence-electron chi connectivity index (χ4n) is 2.49. The molecule has 0 spiro atoms. The van der Waals surface area contributed by atoms with Gasteiger partial charge in [0.1, 0.15) is 5.75 Å². The summed E-state index contributed by atoms with van der Waals surface area (Å²) < 4.78 is 44.7. The highest BCUT2D eigenvalue weighted by molar-refractivity contribution is 6.05. The van der Waals surface area contributed by atoms with Crippen molar-refractivity contribution in [1.82, 2.24) is 19.1 Å². The number of ether oxygens (including phenoxy) is 1. The van der Waals surface area contributed by atoms with Crippen LogP contribution in [0.1, 0.15) is 16.1 Å². The van der Waals surface area contributed by atoms with E-state index in [0.717, 1.165) is 17.8 Å². The number of aromatic hydroxyl groups is 1. The number of benzene rings is 1. The third kappa shape index (κ3) is 4.39. The van der Waals surface area contributed by atoms with Crippen LogP contribution in [0.5, 0.6) is 17.6 Å². The second kappa shape index (κ2) is 7.93. The molecule has 2 N–H and O–H groups in total. The largest absolute Gasteiger partial charge is 0.494 e. The monoisotopic (exact) mass is 437 g/mol. The highest BCUT2D eigenvalue weighted by Crippen LogP contribution is 2.29. The molecular formula is C18H14F3N5O5. The molecule has 0 unspecified atom stereocenters. The average Bonchev–Trinajstić information content (AvgIpc) is 2.72. The van der Waals surface area contributed by atoms with Gasteiger partial charge in [-0.25, -0.2) is 9.78 Å². The van der Waals surface area contributed by atoms with E-state index in [-0.39, 0.29) is 11.4 Å². The van der Waals surface area contributed by atoms with Crippen LogP contribution in [0.3, 0.4) is 0 Å². The predicted molar refractivity (Wildman–Crippen MR) is 100 cm³/mol. The van der Waals surface area contributed by atoms with Crippen molar-refractivity contribution >= 4 is 11.6 Å². The fourth-order valence-corrected chi connectivity index (χ4v) is 2.49. The topological polar surface area (TPSA) is 128 Å². The number of halogens is 3. The summed E-state index contributed by atoms with van der Waals surface area (Å²) in [5.74, 6) is -1.69. The lowest BCUT2D eigenvalue weighted by atomic mass is 10.2. The van der Waals surface area contributed by atoms with Crippen molar-refractivity contribution in [3.8, 4) is 17.6 Å². The number of carbonyl (C=O) groups excluding carboxylic acids is 1. The Morgan fingerprint density at radius 1 is 1.10 bits per heavy atom. The Morgan fingerprint density at radius 3 is 2.35 bits per heavy atom. The smallest absolute Gasteiger partial charge is 0.433 e. The first-order valence-corrected chi connectivity index (χ1v) is 8.47. The Labute approximate surface area is 171 Å². The van der Waals surface area contributed by atoms with Gasteiger partial charge in [-0.1, -0.05) is 0 Å². The lowest BCUT2D eigenvalue weighted by Gasteiger charge is -2.11. The van der Waals surface area contributed by atoms with Gasteiger partial charge in [-0.2, -0.15) is 18.2 Å². The van der Waals surface area contributed by atoms with E-state index in [1.165, 1.54) is 31.3 Å². The summed E-state index contributed by atoms with van der Waals surface area (Å²) in [6.07, 6.45) is -3.75. The van der Waals surface area contributed by atoms with Crippen LogP contribution in [0, 0.1) is 0 Å². The molecule has 0 atom stereocenters. The van der Waals surface area contributed by atoms with E-state index < -0.39 is 46.5 Å². The second-order valence-corrected chi connectivity index (χ2v) is 6.21. The van der Waals surface area contributed by atoms with Crippen molar-refractivity contribution < 1.29 is 27.8 Å². The first-order chi connectivity index (χ1) is 14.5. The number of amides is 1. The number of hydrogen-bond donors (Lipinski definition) is 2. The number of nitrogens with one attached hydrogen (secondary N) is 1. The van der Waals surface area contributed by atoms with Gasteiger partial charge in [-0.3, -0.25) is 18.7 Å². The standard InChI is InChI=1S/C18H14F3N5O5/c1-25-14(28)12(15(29)26(2)17(25)30)13(27)23-9-3-5-10(6-4-9)31-16-22-8-7-11(24-16)18(19,20)21/h3-8,28H,1-2H3,(H,23,27). The summed E-state index contributed by atoms with van der Waals surface area (Å²) in [4.78, 5) is 43.2. The molecule has 0 saturated carbocycles. The predicted octanol–water partition coefficient (Wildman–Crippen LogP) is 1.64. The third-order valence-electron chi connectivity index (χ3n) is 4.11. The lowest BCUT2D eigenvalue weighted by Crippen LogP contribution is -2.40. The van der Waals surface area contributed by atoms with Crippen LogP contribution in [0.2, 0.25) is 0 Å². The zero-order chi connectivity index (χ0) is 22.9. The molecule has 31 heavy (non-hydrogen) atoms. The molecule has 162 valence electrons. The van der Waals surface area contributed by atoms with Gasteiger partial charge in [0, 0.05) is 26.0 Å². The van der Waals surface area contributed by atoms with Gasteiger partial charge in [0.2, 0.25) is 5.88 Å². The van der Waals surface area contributed by atoms with Gasteiger partial charge in [-0.15, -0.1) is 0 Å². The fraction of sp³-hybridized carbons (Fsp3) is 0.167. The van der Waals surface area contributed by atoms with Crippen LogP contribution >= 0.6 is 0 Å². The molecule has 2 heterocycles. The van der Waals surface area contributed by atoms with Crippen molar-refractivity contribution in [2.45, 2.75) is 6.18 Å². The normalized spacial score (nSPS) is 11.3. The van der Waals surface area contributed by atoms with Crippen molar-refractivity contribution in [2.24, 2.45) is 14.1 Å². The maximum atomic E-state index is 12.7. The minimum absolute atomic E-state index is 0.0817.